The fourth-order valence-electron chi connectivity index (χ4n) is 10.6. The summed E-state index contributed by atoms with van der Waals surface area (Å²) in [6, 6.07) is 22.0. The van der Waals surface area contributed by atoms with E-state index in [4.69, 9.17) is 41.2 Å². The molecule has 4 saturated heterocycles. The van der Waals surface area contributed by atoms with E-state index in [2.05, 4.69) is 68.4 Å². The summed E-state index contributed by atoms with van der Waals surface area (Å²) in [6.07, 6.45) is 16.9. The van der Waals surface area contributed by atoms with Gasteiger partial charge in [-0.2, -0.15) is 5.26 Å². The molecule has 434 valence electrons. The van der Waals surface area contributed by atoms with Crippen LogP contribution in [0.25, 0.3) is 5.70 Å². The summed E-state index contributed by atoms with van der Waals surface area (Å²) in [7, 11) is 1.82. The average molecular weight is 1100 g/mol. The molecule has 19 nitrogen and oxygen atoms in total. The van der Waals surface area contributed by atoms with Gasteiger partial charge in [0.15, 0.2) is 5.82 Å². The Bertz CT molecular complexity index is 2640. The number of nitrogens with two attached hydrogens (primary N) is 3. The number of aromatic hydroxyl groups is 1. The third kappa shape index (κ3) is 17.8. The third-order valence-corrected chi connectivity index (χ3v) is 16.2. The molecule has 2 aromatic carbocycles. The molecular weight excluding hydrogens is 1010 g/mol. The minimum Gasteiger partial charge on any atom is -0.507 e. The van der Waals surface area contributed by atoms with Crippen molar-refractivity contribution in [2.24, 2.45) is 23.1 Å². The summed E-state index contributed by atoms with van der Waals surface area (Å²) >= 11 is 0. The summed E-state index contributed by atoms with van der Waals surface area (Å²) in [4.78, 5) is 35.9. The van der Waals surface area contributed by atoms with Crippen molar-refractivity contribution < 1.29 is 33.4 Å². The number of hydrogen-bond donors (Lipinski definition) is 6. The van der Waals surface area contributed by atoms with Gasteiger partial charge in [-0.25, -0.2) is 4.98 Å². The number of carbonyl (C=O) groups is 2. The molecule has 4 aromatic rings. The van der Waals surface area contributed by atoms with Gasteiger partial charge in [0.25, 0.3) is 0 Å². The zero-order valence-electron chi connectivity index (χ0n) is 47.8. The first-order valence-corrected chi connectivity index (χ1v) is 28.9. The molecule has 5 aliphatic rings. The van der Waals surface area contributed by atoms with Gasteiger partial charge in [-0.15, -0.1) is 0 Å². The van der Waals surface area contributed by atoms with Gasteiger partial charge in [0.1, 0.15) is 29.5 Å². The number of para-hydroxylation sites is 1. The van der Waals surface area contributed by atoms with Gasteiger partial charge in [0.2, 0.25) is 18.2 Å². The molecule has 4 unspecified atom stereocenters. The van der Waals surface area contributed by atoms with Crippen molar-refractivity contribution in [1.82, 2.24) is 35.5 Å². The lowest BCUT2D eigenvalue weighted by Gasteiger charge is -2.33. The molecule has 19 heteroatoms. The van der Waals surface area contributed by atoms with Crippen LogP contribution >= 0.6 is 0 Å². The lowest BCUT2D eigenvalue weighted by Crippen LogP contribution is -2.43. The molecule has 9 N–H and O–H groups in total. The topological polar surface area (TPSA) is 260 Å². The number of benzene rings is 2. The molecular formula is C61H88N12O7. The zero-order valence-corrected chi connectivity index (χ0v) is 47.8. The predicted molar refractivity (Wildman–Crippen MR) is 311 cm³/mol. The number of nitrogens with one attached hydrogen (secondary N) is 2. The number of hydrogen-bond acceptors (Lipinski definition) is 17. The van der Waals surface area contributed by atoms with E-state index in [1.165, 1.54) is 6.42 Å². The van der Waals surface area contributed by atoms with Gasteiger partial charge in [-0.1, -0.05) is 50.2 Å². The van der Waals surface area contributed by atoms with Gasteiger partial charge in [0, 0.05) is 101 Å². The summed E-state index contributed by atoms with van der Waals surface area (Å²) in [5, 5.41) is 29.7. The number of methoxy groups -OCH3 is 1. The molecule has 4 atom stereocenters. The number of carbonyl (C=O) groups excluding carboxylic acids is 2. The van der Waals surface area contributed by atoms with Gasteiger partial charge < -0.3 is 71.3 Å². The molecule has 1 saturated carbocycles. The van der Waals surface area contributed by atoms with Crippen LogP contribution in [0.5, 0.6) is 11.6 Å². The number of ether oxygens (including phenoxy) is 3. The van der Waals surface area contributed by atoms with Gasteiger partial charge in [-0.3, -0.25) is 9.59 Å². The van der Waals surface area contributed by atoms with Crippen LogP contribution in [-0.2, 0) is 25.6 Å². The Morgan fingerprint density at radius 2 is 1.65 bits per heavy atom. The monoisotopic (exact) mass is 1100 g/mol. The number of nitrogens with zero attached hydrogens (tertiary/aromatic N) is 7. The fraction of sp³-hybridized carbons (Fsp3) is 0.557. The molecule has 4 aliphatic heterocycles. The summed E-state index contributed by atoms with van der Waals surface area (Å²) in [6.45, 7) is 17.6. The number of nitriles is 1. The normalized spacial score (nSPS) is 19.8. The van der Waals surface area contributed by atoms with Crippen molar-refractivity contribution in [3.63, 3.8) is 0 Å². The number of amides is 2. The SMILES string of the molecule is CC(NC(=O)C1CCCN1C=O)c1ccc(C#N)cc1.COC1CCN(CCOC2CCN(c3cc(C(C)C(C)C)on3)CC2)CC1.NC(N)=C(/C=C(\N)c1ccccc1O)N(Cc1ccnc(OC2CCC2)c1)CC1CCCN1. The van der Waals surface area contributed by atoms with Crippen molar-refractivity contribution in [2.45, 2.75) is 147 Å². The number of aromatic nitrogens is 2. The number of piperidine rings is 2. The minimum absolute atomic E-state index is 0.108. The largest absolute Gasteiger partial charge is 0.507 e. The van der Waals surface area contributed by atoms with E-state index < -0.39 is 0 Å². The first kappa shape index (κ1) is 60.8. The molecule has 6 heterocycles. The van der Waals surface area contributed by atoms with Crippen molar-refractivity contribution >= 4 is 23.8 Å². The molecule has 0 bridgehead atoms. The molecule has 0 radical (unpaired) electrons. The van der Waals surface area contributed by atoms with Crippen LogP contribution in [-0.4, -0.2) is 139 Å². The Balaban J connectivity index is 0.000000179. The second-order valence-corrected chi connectivity index (χ2v) is 22.2. The van der Waals surface area contributed by atoms with Crippen LogP contribution in [0.1, 0.15) is 138 Å². The van der Waals surface area contributed by atoms with E-state index in [0.717, 1.165) is 139 Å². The van der Waals surface area contributed by atoms with E-state index in [1.807, 2.05) is 44.4 Å². The second kappa shape index (κ2) is 30.7. The first-order valence-electron chi connectivity index (χ1n) is 28.9. The Morgan fingerprint density at radius 1 is 0.912 bits per heavy atom. The summed E-state index contributed by atoms with van der Waals surface area (Å²) in [5.74, 6) is 3.75. The van der Waals surface area contributed by atoms with E-state index in [9.17, 15) is 14.7 Å². The predicted octanol–water partition coefficient (Wildman–Crippen LogP) is 7.25. The maximum absolute atomic E-state index is 12.2. The third-order valence-electron chi connectivity index (χ3n) is 16.2. The van der Waals surface area contributed by atoms with Gasteiger partial charge >= 0.3 is 0 Å². The highest BCUT2D eigenvalue weighted by Crippen LogP contribution is 2.30. The Kier molecular flexibility index (Phi) is 23.3. The Morgan fingerprint density at radius 3 is 2.29 bits per heavy atom. The molecule has 2 amide bonds. The molecule has 2 aromatic heterocycles. The Labute approximate surface area is 473 Å². The molecule has 1 aliphatic carbocycles. The highest BCUT2D eigenvalue weighted by atomic mass is 16.5. The van der Waals surface area contributed by atoms with Crippen molar-refractivity contribution in [1.29, 1.82) is 5.26 Å². The number of pyridine rings is 1. The van der Waals surface area contributed by atoms with Crippen molar-refractivity contribution in [2.75, 3.05) is 71.0 Å². The lowest BCUT2D eigenvalue weighted by molar-refractivity contribution is -0.131. The number of rotatable bonds is 21. The quantitative estimate of drug-likeness (QED) is 0.0355. The minimum atomic E-state index is -0.353. The van der Waals surface area contributed by atoms with E-state index >= 15 is 0 Å². The lowest BCUT2D eigenvalue weighted by atomic mass is 9.95. The molecule has 9 rings (SSSR count). The number of allylic oxidation sites excluding steroid dienone is 1. The zero-order chi connectivity index (χ0) is 57.0. The number of phenolic OH excluding ortho intramolecular Hbond substituents is 1. The average Bonchev–Trinajstić information content (AvgIpc) is 4.29. The summed E-state index contributed by atoms with van der Waals surface area (Å²) < 4.78 is 23.2. The number of anilines is 1. The maximum Gasteiger partial charge on any atom is 0.243 e. The fourth-order valence-corrected chi connectivity index (χ4v) is 10.6. The van der Waals surface area contributed by atoms with E-state index in [-0.39, 0.29) is 35.7 Å². The smallest absolute Gasteiger partial charge is 0.243 e. The second-order valence-electron chi connectivity index (χ2n) is 22.2. The molecule has 0 spiro atoms. The Hall–Kier alpha value is -6.85. The van der Waals surface area contributed by atoms with Gasteiger partial charge in [-0.05, 0) is 138 Å². The standard InChI is InChI=1S/C25H34N6O2.C21H37N3O3.C15H17N3O2/c26-21(20-8-1-2-9-23(20)32)14-22(25(27)28)31(16-18-5-4-11-29-18)15-17-10-12-30-24(13-17)33-19-6-3-7-19;1-16(2)17(3)20-15-21(22-27-20)24-11-7-19(8-12-24)26-14-13-23-9-5-18(25-4)6-10-23;1-11(13-6-4-12(9-16)5-7-13)17-15(20)14-3-2-8-18(14)10-19/h1-2,8-10,12-14,18-19,29,32H,3-7,11,15-16,26-28H2;15-19H,5-14H2,1-4H3;4-7,10-11,14H,2-3,8H2,1H3,(H,17,20)/b21-14-;;. The highest BCUT2D eigenvalue weighted by Gasteiger charge is 2.31. The van der Waals surface area contributed by atoms with E-state index in [1.54, 1.807) is 47.5 Å². The van der Waals surface area contributed by atoms with Crippen molar-refractivity contribution in [3.8, 4) is 17.7 Å². The van der Waals surface area contributed by atoms with Crippen LogP contribution in [0.15, 0.2) is 95.0 Å². The van der Waals surface area contributed by atoms with Crippen LogP contribution in [0.4, 0.5) is 5.82 Å². The molecule has 80 heavy (non-hydrogen) atoms. The summed E-state index contributed by atoms with van der Waals surface area (Å²) in [5.41, 5.74) is 22.8. The van der Waals surface area contributed by atoms with Crippen molar-refractivity contribution in [3.05, 3.63) is 119 Å². The van der Waals surface area contributed by atoms with Crippen LogP contribution < -0.4 is 37.5 Å². The van der Waals surface area contributed by atoms with Crippen LogP contribution in [0.3, 0.4) is 0 Å². The molecule has 5 fully saturated rings. The number of phenols is 1. The van der Waals surface area contributed by atoms with E-state index in [0.29, 0.717) is 78.0 Å². The maximum atomic E-state index is 12.2. The first-order chi connectivity index (χ1) is 38.7. The van der Waals surface area contributed by atoms with Crippen LogP contribution in [0, 0.1) is 17.2 Å². The van der Waals surface area contributed by atoms with Gasteiger partial charge in [0.05, 0.1) is 42.2 Å². The highest BCUT2D eigenvalue weighted by molar-refractivity contribution is 5.84. The van der Waals surface area contributed by atoms with Crippen LogP contribution in [0.2, 0.25) is 0 Å². The number of likely N-dealkylation sites (tertiary alicyclic amines) is 2.